The largest absolute Gasteiger partial charge is 0.341 e. The van der Waals surface area contributed by atoms with Crippen LogP contribution in [0.5, 0.6) is 0 Å². The van der Waals surface area contributed by atoms with Gasteiger partial charge in [-0.25, -0.2) is 8.42 Å². The van der Waals surface area contributed by atoms with Crippen LogP contribution in [0.1, 0.15) is 33.1 Å². The summed E-state index contributed by atoms with van der Waals surface area (Å²) in [5.41, 5.74) is 0. The first-order valence-corrected chi connectivity index (χ1v) is 8.21. The number of rotatable bonds is 3. The molecule has 2 rings (SSSR count). The molecule has 0 N–H and O–H groups in total. The van der Waals surface area contributed by atoms with E-state index >= 15 is 0 Å². The van der Waals surface area contributed by atoms with Gasteiger partial charge in [0.05, 0.1) is 5.25 Å². The van der Waals surface area contributed by atoms with E-state index in [0.29, 0.717) is 26.2 Å². The Morgan fingerprint density at radius 2 is 1.78 bits per heavy atom. The van der Waals surface area contributed by atoms with Crippen LogP contribution in [0.15, 0.2) is 0 Å². The zero-order chi connectivity index (χ0) is 13.3. The fraction of sp³-hybridized carbons (Fsp3) is 0.917. The molecule has 18 heavy (non-hydrogen) atoms. The van der Waals surface area contributed by atoms with Crippen molar-refractivity contribution in [1.29, 1.82) is 0 Å². The molecule has 104 valence electrons. The second-order valence-electron chi connectivity index (χ2n) is 5.45. The highest BCUT2D eigenvalue weighted by Gasteiger charge is 2.35. The van der Waals surface area contributed by atoms with Crippen LogP contribution in [0.25, 0.3) is 0 Å². The minimum atomic E-state index is -3.18. The minimum absolute atomic E-state index is 0.221. The summed E-state index contributed by atoms with van der Waals surface area (Å²) in [5.74, 6) is 0.442. The Labute approximate surface area is 109 Å². The van der Waals surface area contributed by atoms with Crippen LogP contribution in [0.4, 0.5) is 0 Å². The Hall–Kier alpha value is -0.620. The Morgan fingerprint density at radius 1 is 1.11 bits per heavy atom. The molecule has 1 saturated heterocycles. The van der Waals surface area contributed by atoms with E-state index in [1.165, 1.54) is 4.31 Å². The molecule has 2 aliphatic rings. The lowest BCUT2D eigenvalue weighted by Crippen LogP contribution is -2.40. The molecule has 1 heterocycles. The number of sulfonamides is 1. The highest BCUT2D eigenvalue weighted by Crippen LogP contribution is 2.31. The van der Waals surface area contributed by atoms with Gasteiger partial charge in [-0.1, -0.05) is 0 Å². The first-order chi connectivity index (χ1) is 8.43. The van der Waals surface area contributed by atoms with Crippen molar-refractivity contribution in [2.75, 3.05) is 26.2 Å². The second kappa shape index (κ2) is 5.17. The van der Waals surface area contributed by atoms with Gasteiger partial charge >= 0.3 is 0 Å². The molecule has 0 aromatic heterocycles. The van der Waals surface area contributed by atoms with Gasteiger partial charge in [-0.3, -0.25) is 4.79 Å². The van der Waals surface area contributed by atoms with Gasteiger partial charge in [-0.15, -0.1) is 0 Å². The Bertz CT molecular complexity index is 415. The predicted octanol–water partition coefficient (Wildman–Crippen LogP) is 0.669. The molecular weight excluding hydrogens is 252 g/mol. The Kier molecular flexibility index (Phi) is 3.96. The lowest BCUT2D eigenvalue weighted by Gasteiger charge is -2.23. The van der Waals surface area contributed by atoms with Crippen LogP contribution in [0, 0.1) is 5.92 Å². The molecule has 1 aliphatic heterocycles. The van der Waals surface area contributed by atoms with Crippen molar-refractivity contribution >= 4 is 15.9 Å². The van der Waals surface area contributed by atoms with Gasteiger partial charge in [0.25, 0.3) is 0 Å². The maximum Gasteiger partial charge on any atom is 0.225 e. The summed E-state index contributed by atoms with van der Waals surface area (Å²) in [6, 6.07) is 0. The van der Waals surface area contributed by atoms with Crippen LogP contribution in [-0.2, 0) is 14.8 Å². The van der Waals surface area contributed by atoms with Gasteiger partial charge in [0.1, 0.15) is 0 Å². The fourth-order valence-corrected chi connectivity index (χ4v) is 3.57. The quantitative estimate of drug-likeness (QED) is 0.760. The van der Waals surface area contributed by atoms with Crippen molar-refractivity contribution in [1.82, 2.24) is 9.21 Å². The molecule has 1 amide bonds. The molecule has 0 atom stereocenters. The molecule has 1 saturated carbocycles. The van der Waals surface area contributed by atoms with Gasteiger partial charge in [0.15, 0.2) is 0 Å². The lowest BCUT2D eigenvalue weighted by atomic mass is 10.3. The van der Waals surface area contributed by atoms with Crippen LogP contribution in [0.3, 0.4) is 0 Å². The van der Waals surface area contributed by atoms with E-state index < -0.39 is 10.0 Å². The molecule has 6 heteroatoms. The summed E-state index contributed by atoms with van der Waals surface area (Å²) in [4.78, 5) is 13.8. The monoisotopic (exact) mass is 274 g/mol. The smallest absolute Gasteiger partial charge is 0.225 e. The zero-order valence-corrected chi connectivity index (χ0v) is 11.9. The van der Waals surface area contributed by atoms with E-state index in [0.717, 1.165) is 19.3 Å². The summed E-state index contributed by atoms with van der Waals surface area (Å²) in [7, 11) is -3.18. The highest BCUT2D eigenvalue weighted by atomic mass is 32.2. The molecule has 0 aromatic rings. The van der Waals surface area contributed by atoms with E-state index in [1.54, 1.807) is 13.8 Å². The summed E-state index contributed by atoms with van der Waals surface area (Å²) in [6.07, 6.45) is 2.75. The number of carbonyl (C=O) groups is 1. The van der Waals surface area contributed by atoms with E-state index in [9.17, 15) is 13.2 Å². The summed E-state index contributed by atoms with van der Waals surface area (Å²) >= 11 is 0. The van der Waals surface area contributed by atoms with Crippen molar-refractivity contribution in [2.24, 2.45) is 5.92 Å². The number of hydrogen-bond acceptors (Lipinski definition) is 3. The third-order valence-electron chi connectivity index (χ3n) is 3.65. The second-order valence-corrected chi connectivity index (χ2v) is 7.94. The Balaban J connectivity index is 1.98. The van der Waals surface area contributed by atoms with Gasteiger partial charge in [0.2, 0.25) is 15.9 Å². The maximum atomic E-state index is 12.1. The molecule has 0 aromatic carbocycles. The van der Waals surface area contributed by atoms with Crippen molar-refractivity contribution in [3.8, 4) is 0 Å². The number of carbonyl (C=O) groups excluding carboxylic acids is 1. The third-order valence-corrected chi connectivity index (χ3v) is 5.93. The summed E-state index contributed by atoms with van der Waals surface area (Å²) in [5, 5.41) is -0.386. The van der Waals surface area contributed by atoms with E-state index in [1.807, 2.05) is 4.90 Å². The van der Waals surface area contributed by atoms with Gasteiger partial charge < -0.3 is 4.90 Å². The van der Waals surface area contributed by atoms with Crippen LogP contribution < -0.4 is 0 Å². The molecule has 0 radical (unpaired) electrons. The maximum absolute atomic E-state index is 12.1. The highest BCUT2D eigenvalue weighted by molar-refractivity contribution is 7.89. The van der Waals surface area contributed by atoms with E-state index in [4.69, 9.17) is 0 Å². The average Bonchev–Trinajstić information content (AvgIpc) is 3.14. The van der Waals surface area contributed by atoms with Crippen LogP contribution in [-0.4, -0.2) is 55.0 Å². The Morgan fingerprint density at radius 3 is 2.33 bits per heavy atom. The van der Waals surface area contributed by atoms with Crippen molar-refractivity contribution in [3.63, 3.8) is 0 Å². The fourth-order valence-electron chi connectivity index (χ4n) is 2.26. The SMILES string of the molecule is CC(C)S(=O)(=O)N1CCCN(C(=O)C2CC2)CC1. The number of amides is 1. The standard InChI is InChI=1S/C12H22N2O3S/c1-10(2)18(16,17)14-7-3-6-13(8-9-14)12(15)11-4-5-11/h10-11H,3-9H2,1-2H3. The van der Waals surface area contributed by atoms with Crippen molar-refractivity contribution in [3.05, 3.63) is 0 Å². The molecule has 0 unspecified atom stereocenters. The lowest BCUT2D eigenvalue weighted by molar-refractivity contribution is -0.132. The van der Waals surface area contributed by atoms with E-state index in [-0.39, 0.29) is 17.1 Å². The first kappa shape index (κ1) is 13.8. The topological polar surface area (TPSA) is 57.7 Å². The molecule has 1 aliphatic carbocycles. The normalized spacial score (nSPS) is 23.2. The van der Waals surface area contributed by atoms with Gasteiger partial charge in [-0.2, -0.15) is 4.31 Å². The zero-order valence-electron chi connectivity index (χ0n) is 11.1. The molecule has 2 fully saturated rings. The summed E-state index contributed by atoms with van der Waals surface area (Å²) < 4.78 is 25.7. The van der Waals surface area contributed by atoms with Gasteiger partial charge in [0, 0.05) is 32.1 Å². The average molecular weight is 274 g/mol. The van der Waals surface area contributed by atoms with Crippen LogP contribution >= 0.6 is 0 Å². The van der Waals surface area contributed by atoms with Gasteiger partial charge in [-0.05, 0) is 33.1 Å². The third kappa shape index (κ3) is 2.85. The molecule has 0 bridgehead atoms. The number of hydrogen-bond donors (Lipinski definition) is 0. The molecular formula is C12H22N2O3S. The molecule has 0 spiro atoms. The summed E-state index contributed by atoms with van der Waals surface area (Å²) in [6.45, 7) is 5.62. The minimum Gasteiger partial charge on any atom is -0.341 e. The van der Waals surface area contributed by atoms with Crippen LogP contribution in [0.2, 0.25) is 0 Å². The van der Waals surface area contributed by atoms with E-state index in [2.05, 4.69) is 0 Å². The molecule has 5 nitrogen and oxygen atoms in total. The van der Waals surface area contributed by atoms with Crippen molar-refractivity contribution in [2.45, 2.75) is 38.4 Å². The predicted molar refractivity (Wildman–Crippen MR) is 69.5 cm³/mol. The first-order valence-electron chi connectivity index (χ1n) is 6.70. The number of nitrogens with zero attached hydrogens (tertiary/aromatic N) is 2. The van der Waals surface area contributed by atoms with Crippen molar-refractivity contribution < 1.29 is 13.2 Å².